The van der Waals surface area contributed by atoms with E-state index in [-0.39, 0.29) is 5.84 Å². The second-order valence-corrected chi connectivity index (χ2v) is 2.84. The Morgan fingerprint density at radius 1 is 1.73 bits per heavy atom. The first-order valence-corrected chi connectivity index (χ1v) is 4.11. The summed E-state index contributed by atoms with van der Waals surface area (Å²) >= 11 is 0. The monoisotopic (exact) mass is 212 g/mol. The number of nitrogens with zero attached hydrogens (tertiary/aromatic N) is 2. The van der Waals surface area contributed by atoms with Crippen molar-refractivity contribution in [2.45, 2.75) is 6.92 Å². The van der Waals surface area contributed by atoms with Crippen molar-refractivity contribution < 1.29 is 20.0 Å². The van der Waals surface area contributed by atoms with Gasteiger partial charge in [-0.2, -0.15) is 0 Å². The molecule has 1 rings (SSSR count). The normalized spacial score (nSPS) is 11.2. The van der Waals surface area contributed by atoms with Gasteiger partial charge in [-0.05, 0) is 6.92 Å². The average molecular weight is 212 g/mol. The van der Waals surface area contributed by atoms with Gasteiger partial charge in [-0.15, -0.1) is 0 Å². The number of rotatable bonds is 3. The van der Waals surface area contributed by atoms with Crippen molar-refractivity contribution in [3.8, 4) is 0 Å². The first-order chi connectivity index (χ1) is 7.10. The van der Waals surface area contributed by atoms with E-state index in [9.17, 15) is 4.91 Å². The van der Waals surface area contributed by atoms with Crippen LogP contribution in [-0.4, -0.2) is 23.1 Å². The van der Waals surface area contributed by atoms with Gasteiger partial charge in [0.25, 0.3) is 16.8 Å². The Bertz CT molecular complexity index is 416. The number of hydrogen-bond donors (Lipinski definition) is 2. The molecule has 7 nitrogen and oxygen atoms in total. The Labute approximate surface area is 85.7 Å². The number of aromatic amines is 1. The predicted molar refractivity (Wildman–Crippen MR) is 50.5 cm³/mol. The molecule has 0 saturated heterocycles. The molecular weight excluding hydrogens is 200 g/mol. The first kappa shape index (κ1) is 10.9. The minimum absolute atomic E-state index is 0.0473. The number of aryl methyl sites for hydroxylation is 1. The minimum atomic E-state index is -0.0473. The van der Waals surface area contributed by atoms with Crippen molar-refractivity contribution in [3.05, 3.63) is 28.4 Å². The summed E-state index contributed by atoms with van der Waals surface area (Å²) in [4.78, 5) is 18.6. The van der Waals surface area contributed by atoms with Crippen molar-refractivity contribution in [2.24, 2.45) is 10.9 Å². The zero-order valence-electron chi connectivity index (χ0n) is 8.39. The van der Waals surface area contributed by atoms with Gasteiger partial charge in [0.1, 0.15) is 0 Å². The molecule has 0 aromatic carbocycles. The summed E-state index contributed by atoms with van der Waals surface area (Å²) in [5.74, 6) is -0.0473. The Hall–Kier alpha value is -2.18. The smallest absolute Gasteiger partial charge is 0.379 e. The number of amidine groups is 1. The third-order valence-electron chi connectivity index (χ3n) is 1.86. The van der Waals surface area contributed by atoms with E-state index in [0.717, 1.165) is 0 Å². The fourth-order valence-corrected chi connectivity index (χ4v) is 1.13. The largest absolute Gasteiger partial charge is 0.409 e. The van der Waals surface area contributed by atoms with Crippen molar-refractivity contribution in [2.75, 3.05) is 7.11 Å². The lowest BCUT2D eigenvalue weighted by molar-refractivity contribution is -0.738. The number of pyridine rings is 1. The van der Waals surface area contributed by atoms with Gasteiger partial charge in [0.15, 0.2) is 7.11 Å². The average Bonchev–Trinajstić information content (AvgIpc) is 2.26. The molecule has 0 unspecified atom stereocenters. The molecule has 0 amide bonds. The summed E-state index contributed by atoms with van der Waals surface area (Å²) in [5.41, 5.74) is 6.81. The van der Waals surface area contributed by atoms with E-state index in [1.807, 2.05) is 0 Å². The van der Waals surface area contributed by atoms with E-state index < -0.39 is 0 Å². The summed E-state index contributed by atoms with van der Waals surface area (Å²) < 4.78 is 0. The lowest BCUT2D eigenvalue weighted by Gasteiger charge is -1.95. The van der Waals surface area contributed by atoms with Crippen LogP contribution in [0.4, 0.5) is 5.69 Å². The summed E-state index contributed by atoms with van der Waals surface area (Å²) in [6.45, 7) is 1.72. The molecule has 1 heterocycles. The summed E-state index contributed by atoms with van der Waals surface area (Å²) in [7, 11) is 1.26. The van der Waals surface area contributed by atoms with E-state index in [1.165, 1.54) is 13.3 Å². The second-order valence-electron chi connectivity index (χ2n) is 2.84. The number of oxime groups is 1. The molecular formula is C8H12N4O3+2. The maximum Gasteiger partial charge on any atom is 0.379 e. The van der Waals surface area contributed by atoms with Crippen LogP contribution in [0.3, 0.4) is 0 Å². The van der Waals surface area contributed by atoms with Gasteiger partial charge >= 0.3 is 5.69 Å². The van der Waals surface area contributed by atoms with Crippen LogP contribution in [0.15, 0.2) is 17.4 Å². The lowest BCUT2D eigenvalue weighted by Crippen LogP contribution is -2.26. The highest BCUT2D eigenvalue weighted by molar-refractivity contribution is 5.95. The van der Waals surface area contributed by atoms with Gasteiger partial charge in [-0.25, -0.2) is 9.82 Å². The predicted octanol–water partition coefficient (Wildman–Crippen LogP) is -0.125. The Balaban J connectivity index is 3.14. The van der Waals surface area contributed by atoms with Crippen LogP contribution in [0, 0.1) is 11.8 Å². The van der Waals surface area contributed by atoms with Gasteiger partial charge in [-0.1, -0.05) is 5.16 Å². The highest BCUT2D eigenvalue weighted by Gasteiger charge is 2.22. The summed E-state index contributed by atoms with van der Waals surface area (Å²) in [5, 5.41) is 11.3. The van der Waals surface area contributed by atoms with Gasteiger partial charge in [-0.3, -0.25) is 0 Å². The van der Waals surface area contributed by atoms with Crippen molar-refractivity contribution in [1.29, 1.82) is 0 Å². The fourth-order valence-electron chi connectivity index (χ4n) is 1.13. The molecule has 15 heavy (non-hydrogen) atoms. The molecule has 4 N–H and O–H groups in total. The first-order valence-electron chi connectivity index (χ1n) is 4.11. The van der Waals surface area contributed by atoms with Crippen molar-refractivity contribution in [1.82, 2.24) is 0 Å². The fraction of sp³-hybridized carbons (Fsp3) is 0.250. The molecule has 80 valence electrons. The standard InChI is InChI=1S/C8H10N4O3/c1-5-3-6(12(14)15-2)4-10-7(5)8(9)11-13/h3-4H,1-2H3,(H2-,9,11,13)/p+2. The SMILES string of the molecule is CO[N+](=O)c1c[nH+]c(/C(N)=N/O)c(C)c1. The van der Waals surface area contributed by atoms with E-state index in [2.05, 4.69) is 15.0 Å². The zero-order valence-corrected chi connectivity index (χ0v) is 8.39. The summed E-state index contributed by atoms with van der Waals surface area (Å²) in [6.07, 6.45) is 1.40. The number of aromatic nitrogens is 1. The van der Waals surface area contributed by atoms with Crippen LogP contribution in [0.25, 0.3) is 0 Å². The van der Waals surface area contributed by atoms with E-state index in [4.69, 9.17) is 10.9 Å². The molecule has 0 aliphatic heterocycles. The molecule has 0 aliphatic rings. The highest BCUT2D eigenvalue weighted by Crippen LogP contribution is 2.11. The number of nitrogens with one attached hydrogen (secondary N) is 1. The third kappa shape index (κ3) is 2.19. The van der Waals surface area contributed by atoms with Crippen molar-refractivity contribution in [3.63, 3.8) is 0 Å². The number of hydrogen-bond acceptors (Lipinski definition) is 4. The molecule has 0 radical (unpaired) electrons. The molecule has 0 fully saturated rings. The van der Waals surface area contributed by atoms with Crippen LogP contribution in [0.5, 0.6) is 0 Å². The zero-order chi connectivity index (χ0) is 11.4. The van der Waals surface area contributed by atoms with E-state index in [0.29, 0.717) is 21.9 Å². The summed E-state index contributed by atoms with van der Waals surface area (Å²) in [6, 6.07) is 1.56. The minimum Gasteiger partial charge on any atom is -0.409 e. The molecule has 0 atom stereocenters. The molecule has 7 heteroatoms. The van der Waals surface area contributed by atoms with Crippen LogP contribution in [-0.2, 0) is 4.84 Å². The number of nitrogens with two attached hydrogens (primary N) is 1. The van der Waals surface area contributed by atoms with Gasteiger partial charge < -0.3 is 10.9 Å². The van der Waals surface area contributed by atoms with Crippen LogP contribution in [0.2, 0.25) is 0 Å². The third-order valence-corrected chi connectivity index (χ3v) is 1.86. The molecule has 0 aliphatic carbocycles. The highest BCUT2D eigenvalue weighted by atomic mass is 16.8. The van der Waals surface area contributed by atoms with Crippen LogP contribution in [0.1, 0.15) is 11.3 Å². The molecule has 1 aromatic rings. The molecule has 1 aromatic heterocycles. The van der Waals surface area contributed by atoms with Gasteiger partial charge in [0, 0.05) is 11.6 Å². The molecule has 0 bridgehead atoms. The van der Waals surface area contributed by atoms with Crippen LogP contribution < -0.4 is 10.7 Å². The maximum absolute atomic E-state index is 11.1. The van der Waals surface area contributed by atoms with E-state index in [1.54, 1.807) is 13.0 Å². The topological polar surface area (TPSA) is 102 Å². The number of H-pyrrole nitrogens is 1. The van der Waals surface area contributed by atoms with Gasteiger partial charge in [0.2, 0.25) is 5.84 Å². The quantitative estimate of drug-likeness (QED) is 0.315. The Morgan fingerprint density at radius 2 is 2.40 bits per heavy atom. The van der Waals surface area contributed by atoms with E-state index >= 15 is 0 Å². The molecule has 0 saturated carbocycles. The Morgan fingerprint density at radius 3 is 2.87 bits per heavy atom. The van der Waals surface area contributed by atoms with Crippen LogP contribution >= 0.6 is 0 Å². The van der Waals surface area contributed by atoms with Gasteiger partial charge in [0.05, 0.1) is 4.91 Å². The Kier molecular flexibility index (Phi) is 3.17. The van der Waals surface area contributed by atoms with Crippen molar-refractivity contribution >= 4 is 11.5 Å². The molecule has 0 spiro atoms. The second kappa shape index (κ2) is 4.36. The lowest BCUT2D eigenvalue weighted by atomic mass is 10.2. The maximum atomic E-state index is 11.1.